The number of rotatable bonds is 4. The summed E-state index contributed by atoms with van der Waals surface area (Å²) >= 11 is 0. The van der Waals surface area contributed by atoms with E-state index in [1.807, 2.05) is 0 Å². The third-order valence-electron chi connectivity index (χ3n) is 5.47. The summed E-state index contributed by atoms with van der Waals surface area (Å²) in [6.07, 6.45) is 6.22. The van der Waals surface area contributed by atoms with Gasteiger partial charge in [-0.2, -0.15) is 4.98 Å². The van der Waals surface area contributed by atoms with Crippen LogP contribution < -0.4 is 15.5 Å². The van der Waals surface area contributed by atoms with Gasteiger partial charge in [-0.3, -0.25) is 0 Å². The average molecular weight is 301 g/mol. The lowest BCUT2D eigenvalue weighted by Gasteiger charge is -2.22. The summed E-state index contributed by atoms with van der Waals surface area (Å²) < 4.78 is 0. The van der Waals surface area contributed by atoms with Crippen LogP contribution in [0.3, 0.4) is 0 Å². The molecule has 0 radical (unpaired) electrons. The highest BCUT2D eigenvalue weighted by atomic mass is 15.3. The van der Waals surface area contributed by atoms with Gasteiger partial charge in [0.1, 0.15) is 5.82 Å². The zero-order valence-corrected chi connectivity index (χ0v) is 13.5. The lowest BCUT2D eigenvalue weighted by molar-refractivity contribution is 0.456. The van der Waals surface area contributed by atoms with E-state index in [2.05, 4.69) is 22.8 Å². The van der Waals surface area contributed by atoms with Crippen LogP contribution in [-0.2, 0) is 6.42 Å². The first kappa shape index (κ1) is 14.2. The van der Waals surface area contributed by atoms with E-state index in [1.165, 1.54) is 25.7 Å². The van der Waals surface area contributed by atoms with E-state index < -0.39 is 0 Å². The van der Waals surface area contributed by atoms with Gasteiger partial charge in [-0.1, -0.05) is 6.92 Å². The van der Waals surface area contributed by atoms with Crippen LogP contribution in [0.2, 0.25) is 0 Å². The maximum absolute atomic E-state index is 6.38. The highest BCUT2D eigenvalue weighted by Crippen LogP contribution is 2.41. The zero-order chi connectivity index (χ0) is 15.1. The molecule has 0 spiro atoms. The molecule has 1 aromatic rings. The fourth-order valence-corrected chi connectivity index (χ4v) is 3.94. The van der Waals surface area contributed by atoms with Gasteiger partial charge in [0.05, 0.1) is 0 Å². The Morgan fingerprint density at radius 1 is 1.14 bits per heavy atom. The van der Waals surface area contributed by atoms with E-state index in [4.69, 9.17) is 15.7 Å². The van der Waals surface area contributed by atoms with Crippen LogP contribution in [0.1, 0.15) is 38.3 Å². The van der Waals surface area contributed by atoms with E-state index in [0.717, 1.165) is 56.0 Å². The van der Waals surface area contributed by atoms with E-state index in [0.29, 0.717) is 12.0 Å². The van der Waals surface area contributed by atoms with Gasteiger partial charge < -0.3 is 15.5 Å². The number of aromatic nitrogens is 2. The minimum Gasteiger partial charge on any atom is -0.355 e. The first-order valence-electron chi connectivity index (χ1n) is 8.88. The van der Waals surface area contributed by atoms with Crippen molar-refractivity contribution in [2.24, 2.45) is 17.6 Å². The molecule has 1 aliphatic carbocycles. The maximum Gasteiger partial charge on any atom is 0.227 e. The van der Waals surface area contributed by atoms with Gasteiger partial charge >= 0.3 is 0 Å². The molecule has 3 heterocycles. The Morgan fingerprint density at radius 3 is 2.59 bits per heavy atom. The molecule has 2 aliphatic heterocycles. The molecule has 2 N–H and O–H groups in total. The molecule has 22 heavy (non-hydrogen) atoms. The number of hydrogen-bond donors (Lipinski definition) is 1. The van der Waals surface area contributed by atoms with E-state index in [1.54, 1.807) is 0 Å². The second-order valence-corrected chi connectivity index (χ2v) is 7.14. The molecule has 0 unspecified atom stereocenters. The highest BCUT2D eigenvalue weighted by molar-refractivity contribution is 5.48. The van der Waals surface area contributed by atoms with Crippen LogP contribution in [-0.4, -0.2) is 42.2 Å². The summed E-state index contributed by atoms with van der Waals surface area (Å²) in [6, 6.07) is 2.48. The molecule has 0 amide bonds. The van der Waals surface area contributed by atoms with Gasteiger partial charge in [-0.25, -0.2) is 4.98 Å². The molecule has 2 atom stereocenters. The Kier molecular flexibility index (Phi) is 3.68. The summed E-state index contributed by atoms with van der Waals surface area (Å²) in [5.41, 5.74) is 7.53. The second-order valence-electron chi connectivity index (χ2n) is 7.14. The third-order valence-corrected chi connectivity index (χ3v) is 5.47. The van der Waals surface area contributed by atoms with Gasteiger partial charge in [0.2, 0.25) is 5.95 Å². The van der Waals surface area contributed by atoms with E-state index in [-0.39, 0.29) is 0 Å². The Hall–Kier alpha value is -1.36. The summed E-state index contributed by atoms with van der Waals surface area (Å²) in [7, 11) is 0. The Bertz CT molecular complexity index is 536. The van der Waals surface area contributed by atoms with Crippen LogP contribution in [0.4, 0.5) is 11.8 Å². The SMILES string of the molecule is CCc1cc(N2C[C@H](C3CC3)[C@@H](N)C2)nc(N2CCCC2)n1. The average Bonchev–Trinajstić information content (AvgIpc) is 3.08. The van der Waals surface area contributed by atoms with E-state index in [9.17, 15) is 0 Å². The number of hydrogen-bond acceptors (Lipinski definition) is 5. The van der Waals surface area contributed by atoms with Crippen LogP contribution in [0.5, 0.6) is 0 Å². The Balaban J connectivity index is 1.58. The molecule has 0 aromatic carbocycles. The van der Waals surface area contributed by atoms with Crippen molar-refractivity contribution < 1.29 is 0 Å². The third kappa shape index (κ3) is 2.67. The van der Waals surface area contributed by atoms with Gasteiger partial charge in [0.15, 0.2) is 0 Å². The normalized spacial score (nSPS) is 28.6. The fourth-order valence-electron chi connectivity index (χ4n) is 3.94. The van der Waals surface area contributed by atoms with Crippen molar-refractivity contribution in [2.75, 3.05) is 36.0 Å². The Morgan fingerprint density at radius 2 is 1.91 bits per heavy atom. The van der Waals surface area contributed by atoms with Crippen molar-refractivity contribution in [1.82, 2.24) is 9.97 Å². The molecule has 2 saturated heterocycles. The van der Waals surface area contributed by atoms with Gasteiger partial charge in [0.25, 0.3) is 0 Å². The topological polar surface area (TPSA) is 58.3 Å². The molecule has 5 nitrogen and oxygen atoms in total. The lowest BCUT2D eigenvalue weighted by Crippen LogP contribution is -2.30. The molecule has 1 aromatic heterocycles. The number of nitrogens with two attached hydrogens (primary N) is 1. The Labute approximate surface area is 132 Å². The predicted octanol–water partition coefficient (Wildman–Crippen LogP) is 1.81. The lowest BCUT2D eigenvalue weighted by atomic mass is 9.99. The maximum atomic E-state index is 6.38. The van der Waals surface area contributed by atoms with Crippen molar-refractivity contribution in [3.63, 3.8) is 0 Å². The quantitative estimate of drug-likeness (QED) is 0.919. The minimum atomic E-state index is 0.308. The highest BCUT2D eigenvalue weighted by Gasteiger charge is 2.41. The van der Waals surface area contributed by atoms with Crippen molar-refractivity contribution in [3.05, 3.63) is 11.8 Å². The van der Waals surface area contributed by atoms with Gasteiger partial charge in [-0.15, -0.1) is 0 Å². The van der Waals surface area contributed by atoms with Crippen LogP contribution >= 0.6 is 0 Å². The standard InChI is InChI=1S/C17H27N5/c1-2-13-9-16(20-17(19-13)21-7-3-4-8-21)22-10-14(12-5-6-12)15(18)11-22/h9,12,14-15H,2-8,10-11,18H2,1H3/t14-,15+/m1/s1. The molecule has 120 valence electrons. The number of nitrogens with zero attached hydrogens (tertiary/aromatic N) is 4. The summed E-state index contributed by atoms with van der Waals surface area (Å²) in [5.74, 6) is 3.54. The van der Waals surface area contributed by atoms with E-state index >= 15 is 0 Å². The van der Waals surface area contributed by atoms with Crippen molar-refractivity contribution in [3.8, 4) is 0 Å². The number of aryl methyl sites for hydroxylation is 1. The summed E-state index contributed by atoms with van der Waals surface area (Å²) in [5, 5.41) is 0. The largest absolute Gasteiger partial charge is 0.355 e. The molecule has 4 rings (SSSR count). The van der Waals surface area contributed by atoms with Crippen molar-refractivity contribution >= 4 is 11.8 Å². The molecular formula is C17H27N5. The van der Waals surface area contributed by atoms with Gasteiger partial charge in [0, 0.05) is 44.0 Å². The first-order chi connectivity index (χ1) is 10.7. The number of anilines is 2. The molecule has 3 aliphatic rings. The van der Waals surface area contributed by atoms with Crippen molar-refractivity contribution in [2.45, 2.75) is 45.1 Å². The second kappa shape index (κ2) is 5.69. The summed E-state index contributed by atoms with van der Waals surface area (Å²) in [6.45, 7) is 6.38. The van der Waals surface area contributed by atoms with Crippen LogP contribution in [0.15, 0.2) is 6.07 Å². The molecule has 0 bridgehead atoms. The predicted molar refractivity (Wildman–Crippen MR) is 89.3 cm³/mol. The minimum absolute atomic E-state index is 0.308. The molecule has 3 fully saturated rings. The van der Waals surface area contributed by atoms with Crippen LogP contribution in [0.25, 0.3) is 0 Å². The zero-order valence-electron chi connectivity index (χ0n) is 13.5. The fraction of sp³-hybridized carbons (Fsp3) is 0.765. The van der Waals surface area contributed by atoms with Crippen LogP contribution in [0, 0.1) is 11.8 Å². The molecular weight excluding hydrogens is 274 g/mol. The first-order valence-corrected chi connectivity index (χ1v) is 8.88. The van der Waals surface area contributed by atoms with Crippen molar-refractivity contribution in [1.29, 1.82) is 0 Å². The summed E-state index contributed by atoms with van der Waals surface area (Å²) in [4.78, 5) is 14.4. The van der Waals surface area contributed by atoms with Gasteiger partial charge in [-0.05, 0) is 43.9 Å². The molecule has 1 saturated carbocycles. The molecule has 5 heteroatoms. The smallest absolute Gasteiger partial charge is 0.227 e. The monoisotopic (exact) mass is 301 g/mol.